The summed E-state index contributed by atoms with van der Waals surface area (Å²) in [6, 6.07) is 0.238. The molecule has 1 aromatic heterocycles. The Morgan fingerprint density at radius 3 is 2.94 bits per heavy atom. The second-order valence-electron chi connectivity index (χ2n) is 4.79. The lowest BCUT2D eigenvalue weighted by Crippen LogP contribution is -2.45. The highest BCUT2D eigenvalue weighted by Gasteiger charge is 2.28. The molecular formula is C12H19N3O. The Bertz CT molecular complexity index is 347. The molecule has 0 aliphatic heterocycles. The molecular weight excluding hydrogens is 202 g/mol. The topological polar surface area (TPSA) is 46.9 Å². The van der Waals surface area contributed by atoms with E-state index in [0.717, 1.165) is 6.42 Å². The van der Waals surface area contributed by atoms with Crippen LogP contribution in [0.5, 0.6) is 0 Å². The van der Waals surface area contributed by atoms with Crippen molar-refractivity contribution in [2.75, 3.05) is 0 Å². The van der Waals surface area contributed by atoms with E-state index in [1.807, 2.05) is 0 Å². The van der Waals surface area contributed by atoms with Crippen LogP contribution in [-0.4, -0.2) is 21.6 Å². The zero-order valence-electron chi connectivity index (χ0n) is 9.89. The van der Waals surface area contributed by atoms with E-state index in [1.54, 1.807) is 12.4 Å². The maximum Gasteiger partial charge on any atom is 0.327 e. The van der Waals surface area contributed by atoms with Gasteiger partial charge in [0.25, 0.3) is 0 Å². The van der Waals surface area contributed by atoms with Crippen LogP contribution in [0, 0.1) is 11.8 Å². The van der Waals surface area contributed by atoms with E-state index in [-0.39, 0.29) is 6.03 Å². The lowest BCUT2D eigenvalue weighted by atomic mass is 9.78. The van der Waals surface area contributed by atoms with Crippen LogP contribution in [0.15, 0.2) is 18.7 Å². The maximum absolute atomic E-state index is 11.8. The van der Waals surface area contributed by atoms with Crippen LogP contribution < -0.4 is 5.32 Å². The summed E-state index contributed by atoms with van der Waals surface area (Å²) in [6.45, 7) is 4.49. The van der Waals surface area contributed by atoms with Crippen molar-refractivity contribution in [3.63, 3.8) is 0 Å². The highest BCUT2D eigenvalue weighted by atomic mass is 16.2. The summed E-state index contributed by atoms with van der Waals surface area (Å²) < 4.78 is 1.49. The number of nitrogens with one attached hydrogen (secondary N) is 1. The lowest BCUT2D eigenvalue weighted by Gasteiger charge is -2.34. The molecule has 0 radical (unpaired) electrons. The molecule has 1 saturated carbocycles. The van der Waals surface area contributed by atoms with E-state index in [0.29, 0.717) is 17.9 Å². The van der Waals surface area contributed by atoms with Gasteiger partial charge < -0.3 is 5.32 Å². The predicted molar refractivity (Wildman–Crippen MR) is 62.1 cm³/mol. The highest BCUT2D eigenvalue weighted by molar-refractivity contribution is 5.76. The minimum absolute atomic E-state index is 0.0662. The van der Waals surface area contributed by atoms with Gasteiger partial charge >= 0.3 is 6.03 Å². The monoisotopic (exact) mass is 221 g/mol. The Morgan fingerprint density at radius 1 is 1.44 bits per heavy atom. The SMILES string of the molecule is C[C@H]1[C@@H](NC(=O)n2ccnc2)CCC[C@@H]1C. The molecule has 1 aliphatic carbocycles. The maximum atomic E-state index is 11.8. The summed E-state index contributed by atoms with van der Waals surface area (Å²) in [5, 5.41) is 3.09. The molecule has 88 valence electrons. The lowest BCUT2D eigenvalue weighted by molar-refractivity contribution is 0.196. The van der Waals surface area contributed by atoms with Gasteiger partial charge in [-0.1, -0.05) is 26.7 Å². The summed E-state index contributed by atoms with van der Waals surface area (Å²) >= 11 is 0. The molecule has 1 heterocycles. The zero-order valence-corrected chi connectivity index (χ0v) is 9.89. The van der Waals surface area contributed by atoms with E-state index < -0.39 is 0 Å². The van der Waals surface area contributed by atoms with Crippen molar-refractivity contribution in [3.05, 3.63) is 18.7 Å². The molecule has 0 unspecified atom stereocenters. The molecule has 16 heavy (non-hydrogen) atoms. The molecule has 4 heteroatoms. The number of imidazole rings is 1. The Labute approximate surface area is 96.1 Å². The third kappa shape index (κ3) is 2.26. The van der Waals surface area contributed by atoms with Gasteiger partial charge in [-0.25, -0.2) is 9.78 Å². The smallest absolute Gasteiger partial charge is 0.327 e. The molecule has 1 aliphatic rings. The third-order valence-electron chi connectivity index (χ3n) is 3.75. The summed E-state index contributed by atoms with van der Waals surface area (Å²) in [5.74, 6) is 1.25. The first-order valence-electron chi connectivity index (χ1n) is 5.97. The van der Waals surface area contributed by atoms with E-state index >= 15 is 0 Å². The fourth-order valence-corrected chi connectivity index (χ4v) is 2.40. The number of rotatable bonds is 1. The van der Waals surface area contributed by atoms with Gasteiger partial charge in [-0.15, -0.1) is 0 Å². The largest absolute Gasteiger partial charge is 0.334 e. The van der Waals surface area contributed by atoms with Crippen molar-refractivity contribution in [1.29, 1.82) is 0 Å². The molecule has 3 atom stereocenters. The Morgan fingerprint density at radius 2 is 2.25 bits per heavy atom. The predicted octanol–water partition coefficient (Wildman–Crippen LogP) is 2.27. The van der Waals surface area contributed by atoms with Crippen LogP contribution in [0.4, 0.5) is 4.79 Å². The fourth-order valence-electron chi connectivity index (χ4n) is 2.40. The van der Waals surface area contributed by atoms with Crippen LogP contribution >= 0.6 is 0 Å². The minimum atomic E-state index is -0.0662. The van der Waals surface area contributed by atoms with Gasteiger partial charge in [0.05, 0.1) is 0 Å². The standard InChI is InChI=1S/C12H19N3O/c1-9-4-3-5-11(10(9)2)14-12(16)15-7-6-13-8-15/h6-11H,3-5H2,1-2H3,(H,14,16)/t9-,10+,11-/m0/s1. The average molecular weight is 221 g/mol. The normalized spacial score (nSPS) is 30.0. The van der Waals surface area contributed by atoms with Gasteiger partial charge in [-0.3, -0.25) is 4.57 Å². The number of nitrogens with zero attached hydrogens (tertiary/aromatic N) is 2. The fraction of sp³-hybridized carbons (Fsp3) is 0.667. The van der Waals surface area contributed by atoms with Gasteiger partial charge in [0.15, 0.2) is 0 Å². The first-order valence-corrected chi connectivity index (χ1v) is 5.97. The van der Waals surface area contributed by atoms with E-state index in [1.165, 1.54) is 23.7 Å². The summed E-state index contributed by atoms with van der Waals surface area (Å²) in [5.41, 5.74) is 0. The summed E-state index contributed by atoms with van der Waals surface area (Å²) in [6.07, 6.45) is 8.40. The molecule has 2 rings (SSSR count). The van der Waals surface area contributed by atoms with Crippen molar-refractivity contribution < 1.29 is 4.79 Å². The summed E-state index contributed by atoms with van der Waals surface area (Å²) in [4.78, 5) is 15.7. The average Bonchev–Trinajstić information content (AvgIpc) is 2.78. The molecule has 0 saturated heterocycles. The van der Waals surface area contributed by atoms with Crippen molar-refractivity contribution in [2.45, 2.75) is 39.2 Å². The number of hydrogen-bond acceptors (Lipinski definition) is 2. The van der Waals surface area contributed by atoms with Crippen LogP contribution in [0.25, 0.3) is 0 Å². The van der Waals surface area contributed by atoms with E-state index in [2.05, 4.69) is 24.1 Å². The Kier molecular flexibility index (Phi) is 3.27. The van der Waals surface area contributed by atoms with Gasteiger partial charge in [-0.2, -0.15) is 0 Å². The molecule has 1 aromatic rings. The van der Waals surface area contributed by atoms with E-state index in [4.69, 9.17) is 0 Å². The number of carbonyl (C=O) groups is 1. The van der Waals surface area contributed by atoms with Gasteiger partial charge in [-0.05, 0) is 18.3 Å². The zero-order chi connectivity index (χ0) is 11.5. The van der Waals surface area contributed by atoms with Crippen LogP contribution in [0.1, 0.15) is 33.1 Å². The van der Waals surface area contributed by atoms with Gasteiger partial charge in [0.2, 0.25) is 0 Å². The number of aromatic nitrogens is 2. The molecule has 1 N–H and O–H groups in total. The first kappa shape index (κ1) is 11.2. The van der Waals surface area contributed by atoms with Crippen molar-refractivity contribution in [2.24, 2.45) is 11.8 Å². The Hall–Kier alpha value is -1.32. The van der Waals surface area contributed by atoms with Crippen molar-refractivity contribution >= 4 is 6.03 Å². The number of amides is 1. The Balaban J connectivity index is 1.96. The van der Waals surface area contributed by atoms with Crippen LogP contribution in [-0.2, 0) is 0 Å². The quantitative estimate of drug-likeness (QED) is 0.790. The number of hydrogen-bond donors (Lipinski definition) is 1. The molecule has 0 bridgehead atoms. The number of carbonyl (C=O) groups excluding carboxylic acids is 1. The second kappa shape index (κ2) is 4.68. The highest BCUT2D eigenvalue weighted by Crippen LogP contribution is 2.29. The van der Waals surface area contributed by atoms with Crippen LogP contribution in [0.2, 0.25) is 0 Å². The van der Waals surface area contributed by atoms with Crippen molar-refractivity contribution in [1.82, 2.24) is 14.9 Å². The van der Waals surface area contributed by atoms with E-state index in [9.17, 15) is 4.79 Å². The molecule has 1 amide bonds. The van der Waals surface area contributed by atoms with Gasteiger partial charge in [0, 0.05) is 18.4 Å². The first-order chi connectivity index (χ1) is 7.68. The molecule has 0 aromatic carbocycles. The summed E-state index contributed by atoms with van der Waals surface area (Å²) in [7, 11) is 0. The third-order valence-corrected chi connectivity index (χ3v) is 3.75. The van der Waals surface area contributed by atoms with Crippen LogP contribution in [0.3, 0.4) is 0 Å². The molecule has 1 fully saturated rings. The second-order valence-corrected chi connectivity index (χ2v) is 4.79. The minimum Gasteiger partial charge on any atom is -0.334 e. The van der Waals surface area contributed by atoms with Crippen molar-refractivity contribution in [3.8, 4) is 0 Å². The molecule has 4 nitrogen and oxygen atoms in total. The molecule has 0 spiro atoms. The van der Waals surface area contributed by atoms with Gasteiger partial charge in [0.1, 0.15) is 6.33 Å².